The highest BCUT2D eigenvalue weighted by molar-refractivity contribution is 5.92. The number of nitro groups is 1. The summed E-state index contributed by atoms with van der Waals surface area (Å²) in [7, 11) is 0. The number of nitrogens with one attached hydrogen (secondary N) is 1. The molecule has 0 spiro atoms. The van der Waals surface area contributed by atoms with Crippen LogP contribution >= 0.6 is 0 Å². The van der Waals surface area contributed by atoms with Crippen LogP contribution in [-0.2, 0) is 0 Å². The number of hydrogen-bond donors (Lipinski definition) is 1. The molecule has 1 aromatic carbocycles. The van der Waals surface area contributed by atoms with Gasteiger partial charge < -0.3 is 8.83 Å². The first-order valence-electron chi connectivity index (χ1n) is 6.85. The Morgan fingerprint density at radius 1 is 1.21 bits per heavy atom. The highest BCUT2D eigenvalue weighted by Gasteiger charge is 2.10. The van der Waals surface area contributed by atoms with Gasteiger partial charge in [-0.1, -0.05) is 12.1 Å². The minimum atomic E-state index is -0.485. The second kappa shape index (κ2) is 6.61. The van der Waals surface area contributed by atoms with Crippen molar-refractivity contribution in [3.63, 3.8) is 0 Å². The average Bonchev–Trinajstić information content (AvgIpc) is 3.27. The van der Waals surface area contributed by atoms with Crippen molar-refractivity contribution in [3.05, 3.63) is 76.4 Å². The van der Waals surface area contributed by atoms with Crippen molar-refractivity contribution in [2.24, 2.45) is 5.10 Å². The van der Waals surface area contributed by atoms with E-state index in [0.29, 0.717) is 17.1 Å². The van der Waals surface area contributed by atoms with Crippen molar-refractivity contribution in [1.82, 2.24) is 5.43 Å². The van der Waals surface area contributed by atoms with Crippen molar-refractivity contribution in [2.45, 2.75) is 0 Å². The molecule has 0 radical (unpaired) electrons. The van der Waals surface area contributed by atoms with Crippen LogP contribution in [0.3, 0.4) is 0 Å². The van der Waals surface area contributed by atoms with Gasteiger partial charge in [0.05, 0.1) is 17.4 Å². The first kappa shape index (κ1) is 15.2. The number of benzene rings is 1. The maximum atomic E-state index is 11.6. The highest BCUT2D eigenvalue weighted by atomic mass is 16.6. The first-order valence-corrected chi connectivity index (χ1v) is 6.85. The van der Waals surface area contributed by atoms with Gasteiger partial charge in [-0.2, -0.15) is 5.10 Å². The predicted octanol–water partition coefficient (Wildman–Crippen LogP) is 3.21. The summed E-state index contributed by atoms with van der Waals surface area (Å²) in [5.41, 5.74) is 2.84. The number of hydrazone groups is 1. The van der Waals surface area contributed by atoms with Crippen LogP contribution in [0.1, 0.15) is 16.3 Å². The molecule has 0 saturated heterocycles. The number of furan rings is 2. The molecule has 0 bridgehead atoms. The Bertz CT molecular complexity index is 896. The average molecular weight is 325 g/mol. The maximum Gasteiger partial charge on any atom is 0.307 e. The Morgan fingerprint density at radius 3 is 2.83 bits per heavy atom. The highest BCUT2D eigenvalue weighted by Crippen LogP contribution is 2.25. The molecule has 0 aliphatic carbocycles. The molecule has 120 valence electrons. The largest absolute Gasteiger partial charge is 0.459 e. The van der Waals surface area contributed by atoms with Crippen molar-refractivity contribution in [2.75, 3.05) is 0 Å². The van der Waals surface area contributed by atoms with Crippen LogP contribution in [-0.4, -0.2) is 17.0 Å². The van der Waals surface area contributed by atoms with Gasteiger partial charge in [0, 0.05) is 17.7 Å². The van der Waals surface area contributed by atoms with Crippen molar-refractivity contribution < 1.29 is 18.6 Å². The molecular formula is C16H11N3O5. The Morgan fingerprint density at radius 2 is 2.08 bits per heavy atom. The molecule has 0 aliphatic heterocycles. The number of nitro benzene ring substituents is 1. The van der Waals surface area contributed by atoms with Gasteiger partial charge in [0.1, 0.15) is 11.5 Å². The summed E-state index contributed by atoms with van der Waals surface area (Å²) in [5, 5.41) is 14.6. The smallest absolute Gasteiger partial charge is 0.307 e. The van der Waals surface area contributed by atoms with E-state index in [-0.39, 0.29) is 11.4 Å². The van der Waals surface area contributed by atoms with Crippen LogP contribution < -0.4 is 5.43 Å². The summed E-state index contributed by atoms with van der Waals surface area (Å²) in [4.78, 5) is 21.9. The standard InChI is InChI=1S/C16H11N3O5/c20-16(15-5-2-8-23-15)18-17-10-13-6-7-14(24-13)11-3-1-4-12(9-11)19(21)22/h1-10H,(H,18,20). The van der Waals surface area contributed by atoms with Gasteiger partial charge in [-0.3, -0.25) is 14.9 Å². The van der Waals surface area contributed by atoms with Crippen LogP contribution in [0.4, 0.5) is 5.69 Å². The molecule has 0 saturated carbocycles. The molecule has 1 amide bonds. The van der Waals surface area contributed by atoms with E-state index in [9.17, 15) is 14.9 Å². The Labute approximate surface area is 135 Å². The van der Waals surface area contributed by atoms with E-state index in [1.54, 1.807) is 30.3 Å². The Balaban J connectivity index is 1.69. The van der Waals surface area contributed by atoms with Gasteiger partial charge in [-0.05, 0) is 24.3 Å². The monoisotopic (exact) mass is 325 g/mol. The van der Waals surface area contributed by atoms with Crippen LogP contribution in [0, 0.1) is 10.1 Å². The van der Waals surface area contributed by atoms with E-state index in [1.807, 2.05) is 0 Å². The lowest BCUT2D eigenvalue weighted by Gasteiger charge is -1.97. The van der Waals surface area contributed by atoms with Crippen LogP contribution in [0.25, 0.3) is 11.3 Å². The van der Waals surface area contributed by atoms with E-state index in [4.69, 9.17) is 8.83 Å². The van der Waals surface area contributed by atoms with Gasteiger partial charge in [0.2, 0.25) is 0 Å². The fraction of sp³-hybridized carbons (Fsp3) is 0. The lowest BCUT2D eigenvalue weighted by Crippen LogP contribution is -2.16. The molecule has 8 nitrogen and oxygen atoms in total. The zero-order chi connectivity index (χ0) is 16.9. The lowest BCUT2D eigenvalue weighted by molar-refractivity contribution is -0.384. The molecule has 8 heteroatoms. The number of rotatable bonds is 5. The van der Waals surface area contributed by atoms with Crippen molar-refractivity contribution >= 4 is 17.8 Å². The zero-order valence-electron chi connectivity index (χ0n) is 12.2. The second-order valence-electron chi connectivity index (χ2n) is 4.69. The molecule has 1 N–H and O–H groups in total. The number of nitrogens with zero attached hydrogens (tertiary/aromatic N) is 2. The molecule has 0 unspecified atom stereocenters. The Hall–Kier alpha value is -3.68. The fourth-order valence-corrected chi connectivity index (χ4v) is 1.97. The van der Waals surface area contributed by atoms with E-state index >= 15 is 0 Å². The summed E-state index contributed by atoms with van der Waals surface area (Å²) in [6.45, 7) is 0. The molecule has 0 aliphatic rings. The number of non-ortho nitro benzene ring substituents is 1. The molecular weight excluding hydrogens is 314 g/mol. The SMILES string of the molecule is O=C(NN=Cc1ccc(-c2cccc([N+](=O)[O-])c2)o1)c1ccco1. The van der Waals surface area contributed by atoms with E-state index in [1.165, 1.54) is 30.7 Å². The molecule has 3 aromatic rings. The third-order valence-electron chi connectivity index (χ3n) is 3.07. The molecule has 0 fully saturated rings. The van der Waals surface area contributed by atoms with Crippen molar-refractivity contribution in [1.29, 1.82) is 0 Å². The van der Waals surface area contributed by atoms with Crippen LogP contribution in [0.5, 0.6) is 0 Å². The maximum absolute atomic E-state index is 11.6. The molecule has 2 aromatic heterocycles. The predicted molar refractivity (Wildman–Crippen MR) is 84.6 cm³/mol. The molecule has 3 rings (SSSR count). The number of carbonyl (C=O) groups is 1. The third-order valence-corrected chi connectivity index (χ3v) is 3.07. The quantitative estimate of drug-likeness (QED) is 0.440. The van der Waals surface area contributed by atoms with Gasteiger partial charge in [0.15, 0.2) is 5.76 Å². The summed E-state index contributed by atoms with van der Waals surface area (Å²) >= 11 is 0. The number of amides is 1. The minimum absolute atomic E-state index is 0.0233. The van der Waals surface area contributed by atoms with Gasteiger partial charge in [-0.25, -0.2) is 5.43 Å². The van der Waals surface area contributed by atoms with E-state index in [0.717, 1.165) is 0 Å². The van der Waals surface area contributed by atoms with E-state index in [2.05, 4.69) is 10.5 Å². The topological polar surface area (TPSA) is 111 Å². The molecule has 2 heterocycles. The zero-order valence-corrected chi connectivity index (χ0v) is 12.2. The normalized spacial score (nSPS) is 10.8. The number of hydrogen-bond acceptors (Lipinski definition) is 6. The van der Waals surface area contributed by atoms with Gasteiger partial charge in [-0.15, -0.1) is 0 Å². The third kappa shape index (κ3) is 3.38. The lowest BCUT2D eigenvalue weighted by atomic mass is 10.1. The molecule has 24 heavy (non-hydrogen) atoms. The van der Waals surface area contributed by atoms with Crippen molar-refractivity contribution in [3.8, 4) is 11.3 Å². The Kier molecular flexibility index (Phi) is 4.19. The summed E-state index contributed by atoms with van der Waals surface area (Å²) in [6, 6.07) is 12.5. The van der Waals surface area contributed by atoms with Gasteiger partial charge >= 0.3 is 5.91 Å². The second-order valence-corrected chi connectivity index (χ2v) is 4.69. The minimum Gasteiger partial charge on any atom is -0.459 e. The van der Waals surface area contributed by atoms with Crippen LogP contribution in [0.2, 0.25) is 0 Å². The van der Waals surface area contributed by atoms with Gasteiger partial charge in [0.25, 0.3) is 5.69 Å². The summed E-state index contributed by atoms with van der Waals surface area (Å²) in [5.74, 6) is 0.499. The van der Waals surface area contributed by atoms with E-state index < -0.39 is 10.8 Å². The van der Waals surface area contributed by atoms with Crippen LogP contribution in [0.15, 0.2) is 68.7 Å². The molecule has 0 atom stereocenters. The first-order chi connectivity index (χ1) is 11.6. The summed E-state index contributed by atoms with van der Waals surface area (Å²) in [6.07, 6.45) is 2.71. The summed E-state index contributed by atoms with van der Waals surface area (Å²) < 4.78 is 10.5. The fourth-order valence-electron chi connectivity index (χ4n) is 1.97. The number of carbonyl (C=O) groups excluding carboxylic acids is 1.